The van der Waals surface area contributed by atoms with Crippen molar-refractivity contribution in [3.63, 3.8) is 0 Å². The van der Waals surface area contributed by atoms with E-state index in [4.69, 9.17) is 0 Å². The molecule has 3 heterocycles. The molecule has 0 saturated carbocycles. The molecule has 0 aliphatic heterocycles. The van der Waals surface area contributed by atoms with Gasteiger partial charge < -0.3 is 5.32 Å². The summed E-state index contributed by atoms with van der Waals surface area (Å²) in [5.41, 5.74) is 3.14. The van der Waals surface area contributed by atoms with Crippen LogP contribution in [0.3, 0.4) is 0 Å². The fraction of sp³-hybridized carbons (Fsp3) is 0.125. The van der Waals surface area contributed by atoms with Crippen molar-refractivity contribution < 1.29 is 4.79 Å². The SMILES string of the molecule is Cn1nc(-c2ccncc2)cc1C(=O)NCc1cccnc1. The summed E-state index contributed by atoms with van der Waals surface area (Å²) in [6, 6.07) is 9.25. The third-order valence-corrected chi connectivity index (χ3v) is 3.26. The van der Waals surface area contributed by atoms with Crippen molar-refractivity contribution in [3.8, 4) is 11.3 Å². The van der Waals surface area contributed by atoms with E-state index >= 15 is 0 Å². The number of carbonyl (C=O) groups excluding carboxylic acids is 1. The molecule has 0 unspecified atom stereocenters. The molecule has 0 aromatic carbocycles. The molecule has 3 aromatic heterocycles. The van der Waals surface area contributed by atoms with E-state index in [2.05, 4.69) is 20.4 Å². The first-order chi connectivity index (χ1) is 10.7. The number of aromatic nitrogens is 4. The number of nitrogens with one attached hydrogen (secondary N) is 1. The van der Waals surface area contributed by atoms with E-state index < -0.39 is 0 Å². The van der Waals surface area contributed by atoms with E-state index in [0.29, 0.717) is 12.2 Å². The molecular weight excluding hydrogens is 278 g/mol. The molecule has 0 saturated heterocycles. The van der Waals surface area contributed by atoms with E-state index in [0.717, 1.165) is 16.8 Å². The summed E-state index contributed by atoms with van der Waals surface area (Å²) in [6.07, 6.45) is 6.83. The molecule has 110 valence electrons. The van der Waals surface area contributed by atoms with Crippen LogP contribution in [-0.2, 0) is 13.6 Å². The van der Waals surface area contributed by atoms with Gasteiger partial charge in [-0.05, 0) is 29.8 Å². The van der Waals surface area contributed by atoms with E-state index in [9.17, 15) is 4.79 Å². The van der Waals surface area contributed by atoms with Gasteiger partial charge in [-0.2, -0.15) is 5.10 Å². The van der Waals surface area contributed by atoms with Gasteiger partial charge in [0, 0.05) is 43.9 Å². The minimum Gasteiger partial charge on any atom is -0.347 e. The average molecular weight is 293 g/mol. The Morgan fingerprint density at radius 2 is 2.00 bits per heavy atom. The molecule has 6 nitrogen and oxygen atoms in total. The van der Waals surface area contributed by atoms with Crippen molar-refractivity contribution in [2.75, 3.05) is 0 Å². The molecule has 0 aliphatic rings. The second kappa shape index (κ2) is 6.17. The van der Waals surface area contributed by atoms with E-state index in [1.165, 1.54) is 0 Å². The van der Waals surface area contributed by atoms with Crippen LogP contribution in [-0.4, -0.2) is 25.7 Å². The van der Waals surface area contributed by atoms with Gasteiger partial charge in [0.1, 0.15) is 5.69 Å². The highest BCUT2D eigenvalue weighted by Gasteiger charge is 2.13. The van der Waals surface area contributed by atoms with Gasteiger partial charge >= 0.3 is 0 Å². The Balaban J connectivity index is 1.74. The maximum atomic E-state index is 12.3. The van der Waals surface area contributed by atoms with Gasteiger partial charge in [0.05, 0.1) is 5.69 Å². The van der Waals surface area contributed by atoms with Gasteiger partial charge in [0.2, 0.25) is 0 Å². The third kappa shape index (κ3) is 3.01. The zero-order valence-corrected chi connectivity index (χ0v) is 12.1. The quantitative estimate of drug-likeness (QED) is 0.796. The molecular formula is C16H15N5O. The molecule has 3 rings (SSSR count). The predicted octanol–water partition coefficient (Wildman–Crippen LogP) is 1.81. The lowest BCUT2D eigenvalue weighted by molar-refractivity contribution is 0.0941. The number of hydrogen-bond acceptors (Lipinski definition) is 4. The lowest BCUT2D eigenvalue weighted by Crippen LogP contribution is -2.25. The van der Waals surface area contributed by atoms with E-state index in [1.807, 2.05) is 24.3 Å². The van der Waals surface area contributed by atoms with Gasteiger partial charge in [-0.3, -0.25) is 19.4 Å². The molecule has 0 fully saturated rings. The summed E-state index contributed by atoms with van der Waals surface area (Å²) in [6.45, 7) is 0.433. The van der Waals surface area contributed by atoms with Crippen molar-refractivity contribution in [2.24, 2.45) is 7.05 Å². The highest BCUT2D eigenvalue weighted by Crippen LogP contribution is 2.17. The Bertz CT molecular complexity index is 768. The number of carbonyl (C=O) groups is 1. The Labute approximate surface area is 127 Å². The smallest absolute Gasteiger partial charge is 0.269 e. The summed E-state index contributed by atoms with van der Waals surface area (Å²) < 4.78 is 1.58. The normalized spacial score (nSPS) is 10.4. The fourth-order valence-electron chi connectivity index (χ4n) is 2.12. The Hall–Kier alpha value is -3.02. The molecule has 6 heteroatoms. The first kappa shape index (κ1) is 13.9. The zero-order valence-electron chi connectivity index (χ0n) is 12.1. The summed E-state index contributed by atoms with van der Waals surface area (Å²) in [7, 11) is 1.75. The third-order valence-electron chi connectivity index (χ3n) is 3.26. The highest BCUT2D eigenvalue weighted by atomic mass is 16.2. The van der Waals surface area contributed by atoms with Gasteiger partial charge in [0.15, 0.2) is 0 Å². The van der Waals surface area contributed by atoms with Crippen LogP contribution in [0.1, 0.15) is 16.1 Å². The molecule has 0 spiro atoms. The van der Waals surface area contributed by atoms with Gasteiger partial charge in [-0.15, -0.1) is 0 Å². The fourth-order valence-corrected chi connectivity index (χ4v) is 2.12. The Morgan fingerprint density at radius 3 is 2.73 bits per heavy atom. The average Bonchev–Trinajstić information content (AvgIpc) is 2.96. The van der Waals surface area contributed by atoms with Crippen LogP contribution in [0.25, 0.3) is 11.3 Å². The van der Waals surface area contributed by atoms with Crippen LogP contribution in [0.5, 0.6) is 0 Å². The van der Waals surface area contributed by atoms with E-state index in [1.54, 1.807) is 42.6 Å². The minimum absolute atomic E-state index is 0.167. The summed E-state index contributed by atoms with van der Waals surface area (Å²) in [5.74, 6) is -0.167. The first-order valence-corrected chi connectivity index (χ1v) is 6.85. The summed E-state index contributed by atoms with van der Waals surface area (Å²) >= 11 is 0. The lowest BCUT2D eigenvalue weighted by Gasteiger charge is -2.04. The summed E-state index contributed by atoms with van der Waals surface area (Å²) in [4.78, 5) is 20.3. The Morgan fingerprint density at radius 1 is 1.18 bits per heavy atom. The maximum Gasteiger partial charge on any atom is 0.269 e. The molecule has 0 radical (unpaired) electrons. The number of pyridine rings is 2. The van der Waals surface area contributed by atoms with Crippen LogP contribution in [0, 0.1) is 0 Å². The van der Waals surface area contributed by atoms with Crippen molar-refractivity contribution in [1.29, 1.82) is 0 Å². The number of amides is 1. The van der Waals surface area contributed by atoms with Crippen LogP contribution in [0.4, 0.5) is 0 Å². The molecule has 1 N–H and O–H groups in total. The largest absolute Gasteiger partial charge is 0.347 e. The van der Waals surface area contributed by atoms with Gasteiger partial charge in [-0.1, -0.05) is 6.07 Å². The first-order valence-electron chi connectivity index (χ1n) is 6.85. The number of aryl methyl sites for hydroxylation is 1. The highest BCUT2D eigenvalue weighted by molar-refractivity contribution is 5.93. The maximum absolute atomic E-state index is 12.3. The van der Waals surface area contributed by atoms with Crippen LogP contribution in [0.2, 0.25) is 0 Å². The minimum atomic E-state index is -0.167. The van der Waals surface area contributed by atoms with Crippen molar-refractivity contribution in [1.82, 2.24) is 25.1 Å². The number of nitrogens with zero attached hydrogens (tertiary/aromatic N) is 4. The van der Waals surface area contributed by atoms with Crippen molar-refractivity contribution >= 4 is 5.91 Å². The zero-order chi connectivity index (χ0) is 15.4. The number of rotatable bonds is 4. The topological polar surface area (TPSA) is 72.7 Å². The Kier molecular flexibility index (Phi) is 3.91. The number of hydrogen-bond donors (Lipinski definition) is 1. The molecule has 0 atom stereocenters. The molecule has 0 bridgehead atoms. The van der Waals surface area contributed by atoms with Gasteiger partial charge in [-0.25, -0.2) is 0 Å². The van der Waals surface area contributed by atoms with Crippen LogP contribution < -0.4 is 5.32 Å². The second-order valence-corrected chi connectivity index (χ2v) is 4.82. The van der Waals surface area contributed by atoms with Crippen LogP contribution >= 0.6 is 0 Å². The molecule has 3 aromatic rings. The monoisotopic (exact) mass is 293 g/mol. The lowest BCUT2D eigenvalue weighted by atomic mass is 10.2. The standard InChI is InChI=1S/C16H15N5O/c1-21-15(9-14(20-21)13-4-7-17-8-5-13)16(22)19-11-12-3-2-6-18-10-12/h2-10H,11H2,1H3,(H,19,22). The van der Waals surface area contributed by atoms with Crippen molar-refractivity contribution in [3.05, 3.63) is 66.4 Å². The molecule has 1 amide bonds. The molecule has 22 heavy (non-hydrogen) atoms. The summed E-state index contributed by atoms with van der Waals surface area (Å²) in [5, 5.41) is 7.24. The second-order valence-electron chi connectivity index (χ2n) is 4.82. The predicted molar refractivity (Wildman–Crippen MR) is 81.8 cm³/mol. The molecule has 0 aliphatic carbocycles. The van der Waals surface area contributed by atoms with Gasteiger partial charge in [0.25, 0.3) is 5.91 Å². The van der Waals surface area contributed by atoms with E-state index in [-0.39, 0.29) is 5.91 Å². The van der Waals surface area contributed by atoms with Crippen molar-refractivity contribution in [2.45, 2.75) is 6.54 Å². The van der Waals surface area contributed by atoms with Crippen LogP contribution in [0.15, 0.2) is 55.1 Å².